The molecule has 0 spiro atoms. The van der Waals surface area contributed by atoms with Crippen molar-refractivity contribution >= 4 is 5.57 Å². The van der Waals surface area contributed by atoms with Gasteiger partial charge in [-0.05, 0) is 36.5 Å². The van der Waals surface area contributed by atoms with Crippen LogP contribution in [0.5, 0.6) is 0 Å². The minimum Gasteiger partial charge on any atom is -0.0807 e. The lowest BCUT2D eigenvalue weighted by Gasteiger charge is -2.08. The minimum atomic E-state index is 1.01. The average Bonchev–Trinajstić information content (AvgIpc) is 2.42. The van der Waals surface area contributed by atoms with Crippen molar-refractivity contribution in [2.24, 2.45) is 0 Å². The maximum Gasteiger partial charge on any atom is -0.00230 e. The van der Waals surface area contributed by atoms with Crippen molar-refractivity contribution in [2.45, 2.75) is 26.7 Å². The molecule has 0 amide bonds. The molecular formula is C18H20. The minimum absolute atomic E-state index is 1.01. The van der Waals surface area contributed by atoms with Crippen LogP contribution in [-0.4, -0.2) is 0 Å². The molecule has 0 nitrogen and oxygen atoms in total. The third-order valence-corrected chi connectivity index (χ3v) is 3.11. The molecule has 0 saturated carbocycles. The first-order valence-electron chi connectivity index (χ1n) is 6.59. The third kappa shape index (κ3) is 3.33. The molecule has 0 aliphatic carbocycles. The van der Waals surface area contributed by atoms with Gasteiger partial charge in [-0.1, -0.05) is 73.2 Å². The fraction of sp³-hybridized carbons (Fsp3) is 0.222. The van der Waals surface area contributed by atoms with Crippen molar-refractivity contribution in [3.63, 3.8) is 0 Å². The Morgan fingerprint density at radius 1 is 0.944 bits per heavy atom. The molecule has 0 N–H and O–H groups in total. The summed E-state index contributed by atoms with van der Waals surface area (Å²) in [4.78, 5) is 0. The van der Waals surface area contributed by atoms with Gasteiger partial charge >= 0.3 is 0 Å². The molecule has 0 aliphatic heterocycles. The zero-order valence-corrected chi connectivity index (χ0v) is 11.2. The molecule has 0 fully saturated rings. The van der Waals surface area contributed by atoms with Gasteiger partial charge in [0.2, 0.25) is 0 Å². The molecule has 0 atom stereocenters. The van der Waals surface area contributed by atoms with E-state index in [1.54, 1.807) is 0 Å². The van der Waals surface area contributed by atoms with Gasteiger partial charge in [-0.15, -0.1) is 0 Å². The van der Waals surface area contributed by atoms with Crippen molar-refractivity contribution in [1.29, 1.82) is 0 Å². The van der Waals surface area contributed by atoms with E-state index in [2.05, 4.69) is 74.5 Å². The molecule has 0 radical (unpaired) electrons. The summed E-state index contributed by atoms with van der Waals surface area (Å²) in [6.45, 7) is 4.32. The molecule has 2 aromatic rings. The van der Waals surface area contributed by atoms with Gasteiger partial charge in [0.25, 0.3) is 0 Å². The van der Waals surface area contributed by atoms with E-state index in [-0.39, 0.29) is 0 Å². The van der Waals surface area contributed by atoms with Gasteiger partial charge in [0, 0.05) is 0 Å². The summed E-state index contributed by atoms with van der Waals surface area (Å²) < 4.78 is 0. The highest BCUT2D eigenvalue weighted by atomic mass is 14.1. The van der Waals surface area contributed by atoms with Gasteiger partial charge in [-0.3, -0.25) is 0 Å². The quantitative estimate of drug-likeness (QED) is 0.698. The summed E-state index contributed by atoms with van der Waals surface area (Å²) in [6.07, 6.45) is 4.42. The molecule has 0 saturated heterocycles. The second kappa shape index (κ2) is 6.20. The van der Waals surface area contributed by atoms with E-state index in [4.69, 9.17) is 0 Å². The van der Waals surface area contributed by atoms with Gasteiger partial charge in [-0.2, -0.15) is 0 Å². The molecule has 0 heterocycles. The van der Waals surface area contributed by atoms with Crippen LogP contribution >= 0.6 is 0 Å². The highest BCUT2D eigenvalue weighted by molar-refractivity contribution is 5.67. The van der Waals surface area contributed by atoms with E-state index in [1.807, 2.05) is 0 Å². The van der Waals surface area contributed by atoms with Crippen LogP contribution < -0.4 is 0 Å². The van der Waals surface area contributed by atoms with Gasteiger partial charge in [-0.25, -0.2) is 0 Å². The van der Waals surface area contributed by atoms with E-state index in [0.717, 1.165) is 12.8 Å². The van der Waals surface area contributed by atoms with Gasteiger partial charge in [0.15, 0.2) is 0 Å². The van der Waals surface area contributed by atoms with Gasteiger partial charge in [0.1, 0.15) is 0 Å². The summed E-state index contributed by atoms with van der Waals surface area (Å²) in [5, 5.41) is 0. The van der Waals surface area contributed by atoms with Crippen LogP contribution in [0.2, 0.25) is 0 Å². The summed E-state index contributed by atoms with van der Waals surface area (Å²) in [6, 6.07) is 19.5. The van der Waals surface area contributed by atoms with E-state index in [9.17, 15) is 0 Å². The molecule has 0 unspecified atom stereocenters. The van der Waals surface area contributed by atoms with E-state index >= 15 is 0 Å². The van der Waals surface area contributed by atoms with Crippen molar-refractivity contribution in [1.82, 2.24) is 0 Å². The SMILES string of the molecule is CCC=C(Cc1ccc(C)cc1)c1ccccc1. The Labute approximate surface area is 110 Å². The molecule has 92 valence electrons. The number of hydrogen-bond donors (Lipinski definition) is 0. The van der Waals surface area contributed by atoms with Crippen molar-refractivity contribution < 1.29 is 0 Å². The van der Waals surface area contributed by atoms with E-state index in [1.165, 1.54) is 22.3 Å². The van der Waals surface area contributed by atoms with Gasteiger partial charge < -0.3 is 0 Å². The lowest BCUT2D eigenvalue weighted by molar-refractivity contribution is 1.19. The van der Waals surface area contributed by atoms with E-state index < -0.39 is 0 Å². The summed E-state index contributed by atoms with van der Waals surface area (Å²) in [5.74, 6) is 0. The predicted molar refractivity (Wildman–Crippen MR) is 79.6 cm³/mol. The molecule has 2 rings (SSSR count). The van der Waals surface area contributed by atoms with E-state index in [0.29, 0.717) is 0 Å². The van der Waals surface area contributed by atoms with Crippen LogP contribution in [0.4, 0.5) is 0 Å². The Balaban J connectivity index is 2.22. The maximum absolute atomic E-state index is 2.33. The number of benzene rings is 2. The predicted octanol–water partition coefficient (Wildman–Crippen LogP) is 5.03. The molecule has 0 heteroatoms. The molecule has 2 aromatic carbocycles. The van der Waals surface area contributed by atoms with Crippen molar-refractivity contribution in [3.8, 4) is 0 Å². The first kappa shape index (κ1) is 12.6. The largest absolute Gasteiger partial charge is 0.0807 e. The molecule has 0 bridgehead atoms. The van der Waals surface area contributed by atoms with Crippen LogP contribution in [-0.2, 0) is 6.42 Å². The molecule has 18 heavy (non-hydrogen) atoms. The fourth-order valence-corrected chi connectivity index (χ4v) is 2.12. The lowest BCUT2D eigenvalue weighted by Crippen LogP contribution is -1.91. The molecule has 0 aromatic heterocycles. The van der Waals surface area contributed by atoms with Crippen LogP contribution in [0.3, 0.4) is 0 Å². The Morgan fingerprint density at radius 2 is 1.61 bits per heavy atom. The number of allylic oxidation sites excluding steroid dienone is 2. The van der Waals surface area contributed by atoms with Gasteiger partial charge in [0.05, 0.1) is 0 Å². The van der Waals surface area contributed by atoms with Crippen molar-refractivity contribution in [3.05, 3.63) is 77.4 Å². The highest BCUT2D eigenvalue weighted by Crippen LogP contribution is 2.20. The standard InChI is InChI=1S/C18H20/c1-3-7-18(17-8-5-4-6-9-17)14-16-12-10-15(2)11-13-16/h4-13H,3,14H2,1-2H3. The smallest absolute Gasteiger partial charge is 0.00230 e. The summed E-state index contributed by atoms with van der Waals surface area (Å²) in [7, 11) is 0. The average molecular weight is 236 g/mol. The van der Waals surface area contributed by atoms with Crippen molar-refractivity contribution in [2.75, 3.05) is 0 Å². The number of rotatable bonds is 4. The first-order valence-corrected chi connectivity index (χ1v) is 6.59. The maximum atomic E-state index is 2.33. The topological polar surface area (TPSA) is 0 Å². The van der Waals surface area contributed by atoms with Crippen LogP contribution in [0.1, 0.15) is 30.0 Å². The fourth-order valence-electron chi connectivity index (χ4n) is 2.12. The van der Waals surface area contributed by atoms with Crippen LogP contribution in [0.15, 0.2) is 60.7 Å². The van der Waals surface area contributed by atoms with Crippen LogP contribution in [0, 0.1) is 6.92 Å². The monoisotopic (exact) mass is 236 g/mol. The number of hydrogen-bond acceptors (Lipinski definition) is 0. The third-order valence-electron chi connectivity index (χ3n) is 3.11. The highest BCUT2D eigenvalue weighted by Gasteiger charge is 2.02. The molecule has 0 aliphatic rings. The molecular weight excluding hydrogens is 216 g/mol. The Bertz CT molecular complexity index is 503. The summed E-state index contributed by atoms with van der Waals surface area (Å²) >= 11 is 0. The zero-order chi connectivity index (χ0) is 12.8. The second-order valence-electron chi connectivity index (χ2n) is 4.67. The lowest BCUT2D eigenvalue weighted by atomic mass is 9.97. The first-order chi connectivity index (χ1) is 8.79. The van der Waals surface area contributed by atoms with Crippen LogP contribution in [0.25, 0.3) is 5.57 Å². The zero-order valence-electron chi connectivity index (χ0n) is 11.2. The number of aryl methyl sites for hydroxylation is 1. The Kier molecular flexibility index (Phi) is 4.35. The normalized spacial score (nSPS) is 11.6. The Morgan fingerprint density at radius 3 is 2.22 bits per heavy atom. The Hall–Kier alpha value is -1.82. The summed E-state index contributed by atoms with van der Waals surface area (Å²) in [5.41, 5.74) is 5.45. The second-order valence-corrected chi connectivity index (χ2v) is 4.67.